The zero-order chi connectivity index (χ0) is 19.2. The number of nitrogens with one attached hydrogen (secondary N) is 1. The summed E-state index contributed by atoms with van der Waals surface area (Å²) in [6.45, 7) is 3.36. The molecule has 1 atom stereocenters. The summed E-state index contributed by atoms with van der Waals surface area (Å²) in [4.78, 5) is 41.2. The Hall–Kier alpha value is -3.36. The highest BCUT2D eigenvalue weighted by Crippen LogP contribution is 2.21. The first-order valence-corrected chi connectivity index (χ1v) is 7.94. The number of carbonyl (C=O) groups excluding carboxylic acids is 1. The van der Waals surface area contributed by atoms with Crippen molar-refractivity contribution in [3.8, 4) is 0 Å². The van der Waals surface area contributed by atoms with Crippen LogP contribution in [0.2, 0.25) is 0 Å². The number of carbonyl (C=O) groups is 1. The first-order valence-electron chi connectivity index (χ1n) is 7.94. The molecule has 0 bridgehead atoms. The molecule has 2 heterocycles. The molecule has 3 N–H and O–H groups in total. The van der Waals surface area contributed by atoms with Crippen LogP contribution >= 0.6 is 0 Å². The predicted octanol–water partition coefficient (Wildman–Crippen LogP) is 0.799. The summed E-state index contributed by atoms with van der Waals surface area (Å²) in [5.41, 5.74) is 6.27. The van der Waals surface area contributed by atoms with Gasteiger partial charge in [0.05, 0.1) is 6.04 Å². The Bertz CT molecular complexity index is 1140. The molecular formula is C17H19N5O4. The Morgan fingerprint density at radius 3 is 2.65 bits per heavy atom. The van der Waals surface area contributed by atoms with Crippen molar-refractivity contribution in [2.24, 2.45) is 14.1 Å². The van der Waals surface area contributed by atoms with Crippen molar-refractivity contribution in [3.63, 3.8) is 0 Å². The molecule has 0 aliphatic carbocycles. The molecule has 0 unspecified atom stereocenters. The summed E-state index contributed by atoms with van der Waals surface area (Å²) in [5, 5.41) is 3.03. The number of hydrogen-bond acceptors (Lipinski definition) is 7. The van der Waals surface area contributed by atoms with Crippen molar-refractivity contribution in [1.29, 1.82) is 0 Å². The molecule has 26 heavy (non-hydrogen) atoms. The summed E-state index contributed by atoms with van der Waals surface area (Å²) >= 11 is 0. The molecule has 0 aliphatic heterocycles. The van der Waals surface area contributed by atoms with E-state index in [1.807, 2.05) is 0 Å². The Morgan fingerprint density at radius 2 is 1.96 bits per heavy atom. The summed E-state index contributed by atoms with van der Waals surface area (Å²) in [5.74, 6) is -0.114. The molecule has 0 amide bonds. The fraction of sp³-hybridized carbons (Fsp3) is 0.294. The van der Waals surface area contributed by atoms with Gasteiger partial charge in [0, 0.05) is 26.7 Å². The molecule has 1 aromatic carbocycles. The number of oxazole rings is 1. The van der Waals surface area contributed by atoms with Gasteiger partial charge in [0.1, 0.15) is 16.9 Å². The Kier molecular flexibility index (Phi) is 4.15. The topological polar surface area (TPSA) is 125 Å². The van der Waals surface area contributed by atoms with Crippen LogP contribution in [0.5, 0.6) is 0 Å². The number of hydrogen-bond donors (Lipinski definition) is 2. The van der Waals surface area contributed by atoms with Crippen LogP contribution in [0.15, 0.2) is 32.2 Å². The van der Waals surface area contributed by atoms with Gasteiger partial charge in [-0.2, -0.15) is 0 Å². The van der Waals surface area contributed by atoms with E-state index in [1.54, 1.807) is 32.0 Å². The van der Waals surface area contributed by atoms with E-state index in [2.05, 4.69) is 10.3 Å². The Morgan fingerprint density at radius 1 is 1.27 bits per heavy atom. The number of aromatic nitrogens is 3. The molecule has 3 rings (SSSR count). The van der Waals surface area contributed by atoms with E-state index in [9.17, 15) is 14.4 Å². The van der Waals surface area contributed by atoms with Crippen molar-refractivity contribution < 1.29 is 9.21 Å². The fourth-order valence-electron chi connectivity index (χ4n) is 2.76. The van der Waals surface area contributed by atoms with Crippen molar-refractivity contribution in [2.75, 3.05) is 11.1 Å². The largest absolute Gasteiger partial charge is 0.441 e. The monoisotopic (exact) mass is 357 g/mol. The molecular weight excluding hydrogens is 338 g/mol. The zero-order valence-corrected chi connectivity index (χ0v) is 14.9. The summed E-state index contributed by atoms with van der Waals surface area (Å²) in [6, 6.07) is 4.50. The highest BCUT2D eigenvalue weighted by molar-refractivity contribution is 6.04. The number of benzene rings is 1. The van der Waals surface area contributed by atoms with E-state index in [-0.39, 0.29) is 11.4 Å². The minimum atomic E-state index is -0.743. The van der Waals surface area contributed by atoms with Gasteiger partial charge in [0.2, 0.25) is 0 Å². The molecule has 9 heteroatoms. The predicted molar refractivity (Wildman–Crippen MR) is 97.5 cm³/mol. The number of Topliss-reactive ketones (excluding diaryl/α,β-unsaturated/α-hetero) is 1. The number of nitrogens with two attached hydrogens (primary N) is 1. The molecule has 3 aromatic rings. The number of fused-ring (bicyclic) bond motifs is 1. The number of nitrogens with zero attached hydrogens (tertiary/aromatic N) is 3. The van der Waals surface area contributed by atoms with Gasteiger partial charge in [0.15, 0.2) is 17.3 Å². The number of nitrogen functional groups attached to an aromatic ring is 1. The van der Waals surface area contributed by atoms with E-state index >= 15 is 0 Å². The van der Waals surface area contributed by atoms with Gasteiger partial charge in [-0.1, -0.05) is 0 Å². The van der Waals surface area contributed by atoms with E-state index in [0.717, 1.165) is 9.13 Å². The molecule has 0 radical (unpaired) electrons. The highest BCUT2D eigenvalue weighted by atomic mass is 16.3. The fourth-order valence-corrected chi connectivity index (χ4v) is 2.76. The van der Waals surface area contributed by atoms with Crippen LogP contribution in [0, 0.1) is 6.92 Å². The second-order valence-corrected chi connectivity index (χ2v) is 6.11. The van der Waals surface area contributed by atoms with Crippen LogP contribution in [-0.4, -0.2) is 25.9 Å². The van der Waals surface area contributed by atoms with Gasteiger partial charge in [-0.05, 0) is 25.1 Å². The van der Waals surface area contributed by atoms with E-state index < -0.39 is 23.1 Å². The van der Waals surface area contributed by atoms with E-state index in [0.29, 0.717) is 22.7 Å². The lowest BCUT2D eigenvalue weighted by atomic mass is 10.1. The third-order valence-electron chi connectivity index (χ3n) is 4.23. The number of anilines is 2. The average Bonchev–Trinajstić information content (AvgIpc) is 2.97. The average molecular weight is 357 g/mol. The third-order valence-corrected chi connectivity index (χ3v) is 4.23. The molecule has 0 spiro atoms. The standard InChI is InChI=1S/C17H19N5O4/c1-8(19-10-5-6-12-11(7-10)20-9(2)26-12)14(23)13-15(18)21(3)17(25)22(4)16(13)24/h5-8,19H,18H2,1-4H3/t8-/m1/s1. The Labute approximate surface area is 148 Å². The van der Waals surface area contributed by atoms with Crippen molar-refractivity contribution in [3.05, 3.63) is 50.5 Å². The summed E-state index contributed by atoms with van der Waals surface area (Å²) < 4.78 is 7.35. The van der Waals surface area contributed by atoms with Crippen molar-refractivity contribution >= 4 is 28.4 Å². The molecule has 0 saturated carbocycles. The van der Waals surface area contributed by atoms with Gasteiger partial charge < -0.3 is 15.5 Å². The first-order chi connectivity index (χ1) is 12.2. The van der Waals surface area contributed by atoms with Crippen LogP contribution < -0.4 is 22.3 Å². The molecule has 0 aliphatic rings. The van der Waals surface area contributed by atoms with Gasteiger partial charge in [-0.25, -0.2) is 9.78 Å². The van der Waals surface area contributed by atoms with Crippen LogP contribution in [-0.2, 0) is 14.1 Å². The second kappa shape index (κ2) is 6.17. The maximum atomic E-state index is 12.8. The lowest BCUT2D eigenvalue weighted by Gasteiger charge is -2.16. The smallest absolute Gasteiger partial charge is 0.332 e. The molecule has 136 valence electrons. The molecule has 2 aromatic heterocycles. The number of aryl methyl sites for hydroxylation is 1. The highest BCUT2D eigenvalue weighted by Gasteiger charge is 2.24. The van der Waals surface area contributed by atoms with Crippen LogP contribution in [0.4, 0.5) is 11.5 Å². The molecule has 0 saturated heterocycles. The van der Waals surface area contributed by atoms with Crippen molar-refractivity contribution in [2.45, 2.75) is 19.9 Å². The number of ketones is 1. The SMILES string of the molecule is Cc1nc2cc(N[C@H](C)C(=O)c3c(N)n(C)c(=O)n(C)c3=O)ccc2o1. The maximum Gasteiger partial charge on any atom is 0.332 e. The first kappa shape index (κ1) is 17.5. The maximum absolute atomic E-state index is 12.8. The van der Waals surface area contributed by atoms with Gasteiger partial charge >= 0.3 is 5.69 Å². The zero-order valence-electron chi connectivity index (χ0n) is 14.9. The van der Waals surface area contributed by atoms with E-state index in [1.165, 1.54) is 14.1 Å². The molecule has 9 nitrogen and oxygen atoms in total. The van der Waals surface area contributed by atoms with Crippen LogP contribution in [0.25, 0.3) is 11.1 Å². The normalized spacial score (nSPS) is 12.3. The lowest BCUT2D eigenvalue weighted by Crippen LogP contribution is -2.43. The quantitative estimate of drug-likeness (QED) is 0.662. The van der Waals surface area contributed by atoms with Gasteiger partial charge in [-0.15, -0.1) is 0 Å². The van der Waals surface area contributed by atoms with Crippen LogP contribution in [0.3, 0.4) is 0 Å². The number of rotatable bonds is 4. The minimum absolute atomic E-state index is 0.153. The third kappa shape index (κ3) is 2.77. The van der Waals surface area contributed by atoms with Crippen molar-refractivity contribution in [1.82, 2.24) is 14.1 Å². The summed E-state index contributed by atoms with van der Waals surface area (Å²) in [7, 11) is 2.71. The summed E-state index contributed by atoms with van der Waals surface area (Å²) in [6.07, 6.45) is 0. The minimum Gasteiger partial charge on any atom is -0.441 e. The Balaban J connectivity index is 1.95. The van der Waals surface area contributed by atoms with Gasteiger partial charge in [0.25, 0.3) is 5.56 Å². The molecule has 0 fully saturated rings. The second-order valence-electron chi connectivity index (χ2n) is 6.11. The lowest BCUT2D eigenvalue weighted by molar-refractivity contribution is 0.0973. The van der Waals surface area contributed by atoms with E-state index in [4.69, 9.17) is 10.2 Å². The van der Waals surface area contributed by atoms with Gasteiger partial charge in [-0.3, -0.25) is 18.7 Å². The van der Waals surface area contributed by atoms with Crippen LogP contribution in [0.1, 0.15) is 23.2 Å².